The van der Waals surface area contributed by atoms with Crippen LogP contribution in [0.4, 0.5) is 10.5 Å². The first kappa shape index (κ1) is 28.2. The van der Waals surface area contributed by atoms with Gasteiger partial charge < -0.3 is 30.0 Å². The van der Waals surface area contributed by atoms with Crippen LogP contribution in [0.25, 0.3) is 0 Å². The molecule has 14 heteroatoms. The number of amides is 2. The molecule has 3 rings (SSSR count). The van der Waals surface area contributed by atoms with Gasteiger partial charge in [-0.05, 0) is 37.6 Å². The fraction of sp³-hybridized carbons (Fsp3) is 0.292. The van der Waals surface area contributed by atoms with Crippen LogP contribution in [0.1, 0.15) is 31.0 Å². The first-order valence-corrected chi connectivity index (χ1v) is 11.7. The van der Waals surface area contributed by atoms with Crippen molar-refractivity contribution >= 4 is 35.5 Å². The zero-order valence-corrected chi connectivity index (χ0v) is 21.4. The summed E-state index contributed by atoms with van der Waals surface area (Å²) >= 11 is 6.03. The molecular weight excluding hydrogens is 522 g/mol. The predicted molar refractivity (Wildman–Crippen MR) is 137 cm³/mol. The average Bonchev–Trinajstić information content (AvgIpc) is 2.88. The molecule has 0 fully saturated rings. The topological polar surface area (TPSA) is 174 Å². The maximum Gasteiger partial charge on any atom is 0.337 e. The van der Waals surface area contributed by atoms with Gasteiger partial charge in [0.15, 0.2) is 17.7 Å². The number of hydrogen-bond acceptors (Lipinski definition) is 10. The summed E-state index contributed by atoms with van der Waals surface area (Å²) in [4.78, 5) is 34.8. The summed E-state index contributed by atoms with van der Waals surface area (Å²) in [5.41, 5.74) is 3.74. The number of halogens is 1. The summed E-state index contributed by atoms with van der Waals surface area (Å²) < 4.78 is 16.2. The van der Waals surface area contributed by atoms with Crippen molar-refractivity contribution in [1.29, 1.82) is 0 Å². The molecule has 2 aromatic carbocycles. The molecule has 13 nitrogen and oxygen atoms in total. The van der Waals surface area contributed by atoms with Gasteiger partial charge in [-0.3, -0.25) is 15.5 Å². The Hall–Kier alpha value is -4.36. The monoisotopic (exact) mass is 547 g/mol. The number of hydrazone groups is 1. The number of nitrogens with zero attached hydrogens (tertiary/aromatic N) is 2. The molecule has 1 aliphatic heterocycles. The smallest absolute Gasteiger partial charge is 0.337 e. The van der Waals surface area contributed by atoms with Crippen LogP contribution in [0.15, 0.2) is 52.8 Å². The molecule has 38 heavy (non-hydrogen) atoms. The molecule has 202 valence electrons. The molecule has 0 aromatic heterocycles. The zero-order chi connectivity index (χ0) is 27.8. The van der Waals surface area contributed by atoms with Crippen LogP contribution >= 0.6 is 11.6 Å². The van der Waals surface area contributed by atoms with Gasteiger partial charge >= 0.3 is 12.0 Å². The lowest BCUT2D eigenvalue weighted by Gasteiger charge is -2.28. The maximum atomic E-state index is 12.4. The molecule has 4 N–H and O–H groups in total. The summed E-state index contributed by atoms with van der Waals surface area (Å²) in [6.45, 7) is 3.43. The van der Waals surface area contributed by atoms with Gasteiger partial charge in [0, 0.05) is 28.4 Å². The first-order valence-electron chi connectivity index (χ1n) is 11.3. The van der Waals surface area contributed by atoms with Gasteiger partial charge in [0.2, 0.25) is 0 Å². The molecule has 2 amide bonds. The number of esters is 1. The van der Waals surface area contributed by atoms with E-state index in [1.165, 1.54) is 31.5 Å². The van der Waals surface area contributed by atoms with Gasteiger partial charge in [-0.1, -0.05) is 17.7 Å². The molecule has 0 radical (unpaired) electrons. The number of non-ortho nitro benzene ring substituents is 1. The number of ether oxygens (including phenoxy) is 3. The number of nitro benzene ring substituents is 1. The largest absolute Gasteiger partial charge is 0.490 e. The van der Waals surface area contributed by atoms with E-state index >= 15 is 0 Å². The standard InChI is InChI=1S/C24H26ClN5O8/c1-4-37-19-10-14(22-21(23(32)36-3)13(2)27-24(33)28-22)5-8-18(19)38-12-20(31)29-26-11-15-9-16(30(34)35)6-7-17(15)25/h5-11,20,22,29,31H,4,12H2,1-3H3,(H2,27,28,33)/b26-11-/t20-,22-/m0/s1. The number of aliphatic hydroxyl groups is 1. The molecule has 1 aliphatic rings. The maximum absolute atomic E-state index is 12.4. The Labute approximate surface area is 222 Å². The molecule has 0 bridgehead atoms. The van der Waals surface area contributed by atoms with E-state index in [1.54, 1.807) is 32.0 Å². The second kappa shape index (κ2) is 12.7. The van der Waals surface area contributed by atoms with Gasteiger partial charge in [-0.25, -0.2) is 9.59 Å². The number of rotatable bonds is 11. The van der Waals surface area contributed by atoms with Crippen molar-refractivity contribution in [2.45, 2.75) is 26.1 Å². The fourth-order valence-electron chi connectivity index (χ4n) is 3.56. The van der Waals surface area contributed by atoms with Crippen LogP contribution in [-0.2, 0) is 9.53 Å². The lowest BCUT2D eigenvalue weighted by molar-refractivity contribution is -0.384. The summed E-state index contributed by atoms with van der Waals surface area (Å²) in [6, 6.07) is 7.48. The van der Waals surface area contributed by atoms with E-state index in [-0.39, 0.29) is 28.5 Å². The Balaban J connectivity index is 1.71. The minimum atomic E-state index is -1.25. The van der Waals surface area contributed by atoms with Crippen LogP contribution in [0.5, 0.6) is 11.5 Å². The average molecular weight is 548 g/mol. The Morgan fingerprint density at radius 1 is 1.29 bits per heavy atom. The highest BCUT2D eigenvalue weighted by atomic mass is 35.5. The summed E-state index contributed by atoms with van der Waals surface area (Å²) in [7, 11) is 1.25. The molecule has 0 saturated carbocycles. The lowest BCUT2D eigenvalue weighted by atomic mass is 9.95. The van der Waals surface area contributed by atoms with Crippen LogP contribution in [-0.4, -0.2) is 54.8 Å². The third-order valence-corrected chi connectivity index (χ3v) is 5.63. The van der Waals surface area contributed by atoms with Gasteiger partial charge in [0.25, 0.3) is 5.69 Å². The quantitative estimate of drug-likeness (QED) is 0.108. The van der Waals surface area contributed by atoms with E-state index in [0.717, 1.165) is 0 Å². The number of methoxy groups -OCH3 is 1. The van der Waals surface area contributed by atoms with Crippen LogP contribution in [0.2, 0.25) is 5.02 Å². The number of nitrogens with one attached hydrogen (secondary N) is 3. The summed E-state index contributed by atoms with van der Waals surface area (Å²) in [5.74, 6) is 0.0147. The third-order valence-electron chi connectivity index (χ3n) is 5.29. The lowest BCUT2D eigenvalue weighted by Crippen LogP contribution is -2.45. The van der Waals surface area contributed by atoms with Crippen molar-refractivity contribution in [2.24, 2.45) is 5.10 Å². The molecule has 1 heterocycles. The molecule has 2 aromatic rings. The highest BCUT2D eigenvalue weighted by molar-refractivity contribution is 6.33. The molecule has 0 unspecified atom stereocenters. The van der Waals surface area contributed by atoms with Crippen molar-refractivity contribution in [3.63, 3.8) is 0 Å². The van der Waals surface area contributed by atoms with Crippen molar-refractivity contribution in [1.82, 2.24) is 16.1 Å². The summed E-state index contributed by atoms with van der Waals surface area (Å²) in [5, 5.41) is 30.5. The van der Waals surface area contributed by atoms with Gasteiger partial charge in [0.1, 0.15) is 6.61 Å². The normalized spacial score (nSPS) is 15.9. The van der Waals surface area contributed by atoms with E-state index < -0.39 is 29.2 Å². The van der Waals surface area contributed by atoms with Crippen molar-refractivity contribution < 1.29 is 33.8 Å². The number of aliphatic hydroxyl groups excluding tert-OH is 1. The van der Waals surface area contributed by atoms with Crippen molar-refractivity contribution in [3.05, 3.63) is 73.9 Å². The van der Waals surface area contributed by atoms with E-state index in [9.17, 15) is 24.8 Å². The molecule has 0 aliphatic carbocycles. The Morgan fingerprint density at radius 3 is 2.74 bits per heavy atom. The second-order valence-corrected chi connectivity index (χ2v) is 8.29. The Bertz CT molecular complexity index is 1280. The Morgan fingerprint density at radius 2 is 2.05 bits per heavy atom. The second-order valence-electron chi connectivity index (χ2n) is 7.88. The number of nitro groups is 1. The summed E-state index contributed by atoms with van der Waals surface area (Å²) in [6.07, 6.45) is -0.0150. The highest BCUT2D eigenvalue weighted by Crippen LogP contribution is 2.35. The number of carbonyl (C=O) groups excluding carboxylic acids is 2. The number of allylic oxidation sites excluding steroid dienone is 1. The third kappa shape index (κ3) is 6.89. The fourth-order valence-corrected chi connectivity index (χ4v) is 3.72. The SMILES string of the molecule is CCOc1cc([C@@H]2NC(=O)NC(C)=C2C(=O)OC)ccc1OC[C@H](O)N/N=C\c1cc([N+](=O)[O-])ccc1Cl. The molecule has 0 spiro atoms. The van der Waals surface area contributed by atoms with Crippen LogP contribution in [0, 0.1) is 10.1 Å². The number of hydrogen-bond donors (Lipinski definition) is 4. The van der Waals surface area contributed by atoms with Crippen LogP contribution in [0.3, 0.4) is 0 Å². The number of carbonyl (C=O) groups is 2. The molecular formula is C24H26ClN5O8. The Kier molecular flexibility index (Phi) is 9.46. The van der Waals surface area contributed by atoms with Crippen molar-refractivity contribution in [3.8, 4) is 11.5 Å². The van der Waals surface area contributed by atoms with Gasteiger partial charge in [0.05, 0.1) is 36.5 Å². The predicted octanol–water partition coefficient (Wildman–Crippen LogP) is 2.77. The van der Waals surface area contributed by atoms with Crippen LogP contribution < -0.4 is 25.5 Å². The number of benzene rings is 2. The van der Waals surface area contributed by atoms with Crippen molar-refractivity contribution in [2.75, 3.05) is 20.3 Å². The molecule has 0 saturated heterocycles. The minimum Gasteiger partial charge on any atom is -0.490 e. The van der Waals surface area contributed by atoms with Gasteiger partial charge in [-0.2, -0.15) is 5.10 Å². The first-order chi connectivity index (χ1) is 18.1. The minimum absolute atomic E-state index is 0.153. The number of urea groups is 1. The highest BCUT2D eigenvalue weighted by Gasteiger charge is 2.32. The van der Waals surface area contributed by atoms with E-state index in [1.807, 2.05) is 0 Å². The van der Waals surface area contributed by atoms with E-state index in [2.05, 4.69) is 21.2 Å². The molecule has 2 atom stereocenters. The zero-order valence-electron chi connectivity index (χ0n) is 20.7. The van der Waals surface area contributed by atoms with Gasteiger partial charge in [-0.15, -0.1) is 0 Å². The van der Waals surface area contributed by atoms with E-state index in [4.69, 9.17) is 25.8 Å². The van der Waals surface area contributed by atoms with E-state index in [0.29, 0.717) is 29.4 Å².